The molecule has 30 heavy (non-hydrogen) atoms. The van der Waals surface area contributed by atoms with Crippen molar-refractivity contribution in [2.75, 3.05) is 32.8 Å². The molecule has 0 aliphatic carbocycles. The van der Waals surface area contributed by atoms with E-state index < -0.39 is 17.3 Å². The molecule has 0 spiro atoms. The predicted octanol–water partition coefficient (Wildman–Crippen LogP) is 0.730. The minimum Gasteiger partial charge on any atom is -0.384 e. The first-order valence-electron chi connectivity index (χ1n) is 9.35. The van der Waals surface area contributed by atoms with Crippen molar-refractivity contribution < 1.29 is 23.8 Å². The van der Waals surface area contributed by atoms with Crippen LogP contribution in [-0.2, 0) is 4.74 Å². The summed E-state index contributed by atoms with van der Waals surface area (Å²) in [6.45, 7) is 0.278. The molecule has 2 aromatic heterocycles. The number of ether oxygens (including phenoxy) is 1. The molecule has 9 nitrogen and oxygen atoms in total. The molecule has 3 N–H and O–H groups in total. The average Bonchev–Trinajstić information content (AvgIpc) is 3.07. The zero-order valence-corrected chi connectivity index (χ0v) is 16.0. The summed E-state index contributed by atoms with van der Waals surface area (Å²) in [5.41, 5.74) is -0.574. The van der Waals surface area contributed by atoms with Gasteiger partial charge in [0.25, 0.3) is 11.8 Å². The summed E-state index contributed by atoms with van der Waals surface area (Å²) in [6.07, 6.45) is 4.16. The van der Waals surface area contributed by atoms with Gasteiger partial charge in [-0.3, -0.25) is 14.6 Å². The number of fused-ring (bicyclic) bond motifs is 1. The lowest BCUT2D eigenvalue weighted by atomic mass is 10.0. The van der Waals surface area contributed by atoms with Crippen LogP contribution in [-0.4, -0.2) is 75.2 Å². The van der Waals surface area contributed by atoms with Gasteiger partial charge in [0.15, 0.2) is 0 Å². The normalized spacial score (nSPS) is 19.5. The molecular weight excluding hydrogens is 393 g/mol. The summed E-state index contributed by atoms with van der Waals surface area (Å²) in [7, 11) is 0. The third-order valence-electron chi connectivity index (χ3n) is 4.84. The summed E-state index contributed by atoms with van der Waals surface area (Å²) >= 11 is 0. The van der Waals surface area contributed by atoms with Crippen LogP contribution in [0.1, 0.15) is 21.0 Å². The number of aromatic amines is 1. The van der Waals surface area contributed by atoms with Crippen LogP contribution in [0.5, 0.6) is 0 Å². The van der Waals surface area contributed by atoms with E-state index in [2.05, 4.69) is 20.3 Å². The number of aliphatic hydroxyl groups is 1. The zero-order chi connectivity index (χ0) is 21.1. The Balaban J connectivity index is 1.47. The number of amides is 2. The van der Waals surface area contributed by atoms with Gasteiger partial charge in [0, 0.05) is 29.8 Å². The molecule has 4 rings (SSSR count). The molecule has 3 heterocycles. The van der Waals surface area contributed by atoms with E-state index >= 15 is 0 Å². The smallest absolute Gasteiger partial charge is 0.271 e. The molecule has 1 fully saturated rings. The number of aromatic nitrogens is 3. The van der Waals surface area contributed by atoms with Crippen molar-refractivity contribution >= 4 is 22.7 Å². The number of nitrogens with one attached hydrogen (secondary N) is 2. The molecule has 1 aliphatic heterocycles. The van der Waals surface area contributed by atoms with Crippen molar-refractivity contribution in [1.82, 2.24) is 25.2 Å². The molecule has 0 unspecified atom stereocenters. The summed E-state index contributed by atoms with van der Waals surface area (Å²) < 4.78 is 18.9. The van der Waals surface area contributed by atoms with E-state index in [4.69, 9.17) is 4.74 Å². The Bertz CT molecular complexity index is 1070. The fourth-order valence-corrected chi connectivity index (χ4v) is 3.33. The fraction of sp³-hybridized carbons (Fsp3) is 0.300. The van der Waals surface area contributed by atoms with E-state index in [1.54, 1.807) is 12.1 Å². The quantitative estimate of drug-likeness (QED) is 0.580. The molecule has 0 radical (unpaired) electrons. The highest BCUT2D eigenvalue weighted by atomic mass is 19.1. The minimum atomic E-state index is -1.48. The lowest BCUT2D eigenvalue weighted by Crippen LogP contribution is -2.53. The first kappa shape index (κ1) is 19.9. The number of hydrogen-bond acceptors (Lipinski definition) is 6. The molecule has 156 valence electrons. The molecule has 0 saturated carbocycles. The van der Waals surface area contributed by atoms with E-state index in [9.17, 15) is 19.1 Å². The standard InChI is InChI=1S/C20H20FN5O4/c21-14-2-1-13-7-16(25-15(13)8-14)19(28)26-5-6-30-12-20(29,11-26)10-24-18(27)17-9-22-3-4-23-17/h1-4,7-9,25,29H,5-6,10-12H2,(H,24,27)/t20-/m0/s1. The largest absolute Gasteiger partial charge is 0.384 e. The van der Waals surface area contributed by atoms with Crippen molar-refractivity contribution in [2.24, 2.45) is 0 Å². The van der Waals surface area contributed by atoms with Gasteiger partial charge >= 0.3 is 0 Å². The Morgan fingerprint density at radius 2 is 2.20 bits per heavy atom. The van der Waals surface area contributed by atoms with E-state index in [1.807, 2.05) is 0 Å². The van der Waals surface area contributed by atoms with E-state index in [0.717, 1.165) is 0 Å². The number of carbonyl (C=O) groups is 2. The van der Waals surface area contributed by atoms with Crippen LogP contribution in [0.2, 0.25) is 0 Å². The van der Waals surface area contributed by atoms with Crippen LogP contribution < -0.4 is 5.32 Å². The van der Waals surface area contributed by atoms with Gasteiger partial charge in [-0.1, -0.05) is 0 Å². The first-order valence-corrected chi connectivity index (χ1v) is 9.35. The molecule has 1 aromatic carbocycles. The zero-order valence-electron chi connectivity index (χ0n) is 16.0. The molecule has 1 saturated heterocycles. The van der Waals surface area contributed by atoms with Gasteiger partial charge in [-0.15, -0.1) is 0 Å². The van der Waals surface area contributed by atoms with Crippen molar-refractivity contribution in [3.05, 3.63) is 60.1 Å². The lowest BCUT2D eigenvalue weighted by molar-refractivity contribution is -0.0324. The van der Waals surface area contributed by atoms with Gasteiger partial charge in [0.1, 0.15) is 22.8 Å². The van der Waals surface area contributed by atoms with E-state index in [0.29, 0.717) is 10.9 Å². The van der Waals surface area contributed by atoms with Gasteiger partial charge < -0.3 is 25.0 Å². The molecule has 3 aromatic rings. The van der Waals surface area contributed by atoms with Gasteiger partial charge in [-0.25, -0.2) is 9.37 Å². The van der Waals surface area contributed by atoms with Crippen LogP contribution in [0.25, 0.3) is 10.9 Å². The number of nitrogens with zero attached hydrogens (tertiary/aromatic N) is 3. The highest BCUT2D eigenvalue weighted by Gasteiger charge is 2.35. The van der Waals surface area contributed by atoms with Crippen molar-refractivity contribution in [2.45, 2.75) is 5.60 Å². The monoisotopic (exact) mass is 413 g/mol. The maximum Gasteiger partial charge on any atom is 0.271 e. The number of β-amino-alcohol motifs (C(OH)–C–C–N with tert-alkyl or cyclic N) is 1. The van der Waals surface area contributed by atoms with Gasteiger partial charge in [-0.05, 0) is 24.3 Å². The van der Waals surface area contributed by atoms with E-state index in [-0.39, 0.29) is 50.1 Å². The predicted molar refractivity (Wildman–Crippen MR) is 104 cm³/mol. The first-order chi connectivity index (χ1) is 14.4. The molecular formula is C20H20FN5O4. The second kappa shape index (κ2) is 8.17. The van der Waals surface area contributed by atoms with Crippen LogP contribution >= 0.6 is 0 Å². The van der Waals surface area contributed by atoms with Crippen LogP contribution in [0.4, 0.5) is 4.39 Å². The Morgan fingerprint density at radius 1 is 1.33 bits per heavy atom. The third-order valence-corrected chi connectivity index (χ3v) is 4.84. The highest BCUT2D eigenvalue weighted by molar-refractivity contribution is 5.98. The Kier molecular flexibility index (Phi) is 5.42. The van der Waals surface area contributed by atoms with Gasteiger partial charge in [0.05, 0.1) is 32.5 Å². The van der Waals surface area contributed by atoms with Gasteiger partial charge in [0.2, 0.25) is 0 Å². The number of H-pyrrole nitrogens is 1. The number of carbonyl (C=O) groups excluding carboxylic acids is 2. The van der Waals surface area contributed by atoms with Crippen LogP contribution in [0.15, 0.2) is 42.9 Å². The second-order valence-corrected chi connectivity index (χ2v) is 7.19. The minimum absolute atomic E-state index is 0.0453. The molecule has 1 aliphatic rings. The van der Waals surface area contributed by atoms with Crippen molar-refractivity contribution in [3.63, 3.8) is 0 Å². The number of benzene rings is 1. The highest BCUT2D eigenvalue weighted by Crippen LogP contribution is 2.20. The van der Waals surface area contributed by atoms with Gasteiger partial charge in [-0.2, -0.15) is 0 Å². The SMILES string of the molecule is O=C(NC[C@@]1(O)COCCN(C(=O)c2cc3ccc(F)cc3[nH]2)C1)c1cnccn1. The fourth-order valence-electron chi connectivity index (χ4n) is 3.33. The molecule has 1 atom stereocenters. The average molecular weight is 413 g/mol. The Hall–Kier alpha value is -3.37. The maximum atomic E-state index is 13.4. The van der Waals surface area contributed by atoms with Crippen molar-refractivity contribution in [1.29, 1.82) is 0 Å². The summed E-state index contributed by atoms with van der Waals surface area (Å²) in [5, 5.41) is 14.3. The number of rotatable bonds is 4. The Labute approximate surface area is 170 Å². The lowest BCUT2D eigenvalue weighted by Gasteiger charge is -2.30. The number of hydrogen-bond donors (Lipinski definition) is 3. The molecule has 10 heteroatoms. The topological polar surface area (TPSA) is 120 Å². The molecule has 2 amide bonds. The van der Waals surface area contributed by atoms with Crippen molar-refractivity contribution in [3.8, 4) is 0 Å². The van der Waals surface area contributed by atoms with E-state index in [1.165, 1.54) is 35.6 Å². The number of halogens is 1. The Morgan fingerprint density at radius 3 is 3.00 bits per heavy atom. The summed E-state index contributed by atoms with van der Waals surface area (Å²) in [5.74, 6) is -1.24. The summed E-state index contributed by atoms with van der Waals surface area (Å²) in [4.78, 5) is 37.3. The summed E-state index contributed by atoms with van der Waals surface area (Å²) in [6, 6.07) is 5.86. The third kappa shape index (κ3) is 4.29. The molecule has 0 bridgehead atoms. The maximum absolute atomic E-state index is 13.4. The van der Waals surface area contributed by atoms with Crippen LogP contribution in [0, 0.1) is 5.82 Å². The van der Waals surface area contributed by atoms with Crippen LogP contribution in [0.3, 0.4) is 0 Å². The second-order valence-electron chi connectivity index (χ2n) is 7.19.